The Morgan fingerprint density at radius 2 is 1.84 bits per heavy atom. The number of hydrogen-bond donors (Lipinski definition) is 1. The number of fused-ring (bicyclic) bond motifs is 1. The molecule has 1 heterocycles. The van der Waals surface area contributed by atoms with Gasteiger partial charge in [0.05, 0.1) is 13.2 Å². The van der Waals surface area contributed by atoms with Gasteiger partial charge in [0.25, 0.3) is 0 Å². The molecule has 0 aliphatic rings. The van der Waals surface area contributed by atoms with Crippen LogP contribution in [-0.2, 0) is 22.5 Å². The predicted octanol–water partition coefficient (Wildman–Crippen LogP) is 3.81. The van der Waals surface area contributed by atoms with Gasteiger partial charge in [0, 0.05) is 6.54 Å². The average molecular weight is 440 g/mol. The highest BCUT2D eigenvalue weighted by Gasteiger charge is 2.25. The van der Waals surface area contributed by atoms with E-state index in [4.69, 9.17) is 13.9 Å². The van der Waals surface area contributed by atoms with Gasteiger partial charge < -0.3 is 19.2 Å². The smallest absolute Gasteiger partial charge is 0.323 e. The van der Waals surface area contributed by atoms with Gasteiger partial charge in [0.1, 0.15) is 23.9 Å². The molecule has 2 aromatic carbocycles. The van der Waals surface area contributed by atoms with E-state index in [9.17, 15) is 4.79 Å². The van der Waals surface area contributed by atoms with Crippen LogP contribution < -0.4 is 10.1 Å². The van der Waals surface area contributed by atoms with Crippen LogP contribution in [0.5, 0.6) is 5.75 Å². The van der Waals surface area contributed by atoms with E-state index >= 15 is 0 Å². The summed E-state index contributed by atoms with van der Waals surface area (Å²) in [6.07, 6.45) is 0.618. The van der Waals surface area contributed by atoms with Gasteiger partial charge in [-0.2, -0.15) is 0 Å². The minimum Gasteiger partial charge on any atom is -0.492 e. The summed E-state index contributed by atoms with van der Waals surface area (Å²) >= 11 is 0. The zero-order chi connectivity index (χ0) is 22.8. The van der Waals surface area contributed by atoms with E-state index in [0.29, 0.717) is 38.6 Å². The van der Waals surface area contributed by atoms with Gasteiger partial charge >= 0.3 is 5.97 Å². The quantitative estimate of drug-likeness (QED) is 0.320. The minimum absolute atomic E-state index is 0.165. The Morgan fingerprint density at radius 1 is 1.09 bits per heavy atom. The highest BCUT2D eigenvalue weighted by molar-refractivity contribution is 5.76. The first-order chi connectivity index (χ1) is 15.6. The number of rotatable bonds is 13. The summed E-state index contributed by atoms with van der Waals surface area (Å²) in [5.41, 5.74) is 2.75. The molecule has 1 atom stereocenters. The number of ether oxygens (including phenoxy) is 2. The van der Waals surface area contributed by atoms with Gasteiger partial charge in [-0.15, -0.1) is 0 Å². The van der Waals surface area contributed by atoms with Crippen molar-refractivity contribution in [2.45, 2.75) is 39.8 Å². The molecule has 172 valence electrons. The number of carbonyl (C=O) groups excluding carboxylic acids is 1. The molecule has 32 heavy (non-hydrogen) atoms. The Kier molecular flexibility index (Phi) is 9.07. The molecule has 0 saturated heterocycles. The van der Waals surface area contributed by atoms with Gasteiger partial charge in [0.15, 0.2) is 5.58 Å². The van der Waals surface area contributed by atoms with Crippen molar-refractivity contribution in [2.24, 2.45) is 0 Å². The van der Waals surface area contributed by atoms with Crippen LogP contribution in [0, 0.1) is 0 Å². The summed E-state index contributed by atoms with van der Waals surface area (Å²) in [5, 5.41) is 3.28. The maximum atomic E-state index is 12.4. The molecule has 7 nitrogen and oxygen atoms in total. The zero-order valence-corrected chi connectivity index (χ0v) is 19.2. The Hall–Kier alpha value is -2.90. The number of aromatic nitrogens is 1. The topological polar surface area (TPSA) is 76.8 Å². The van der Waals surface area contributed by atoms with Crippen molar-refractivity contribution >= 4 is 17.1 Å². The molecular weight excluding hydrogens is 406 g/mol. The molecule has 0 amide bonds. The highest BCUT2D eigenvalue weighted by Crippen LogP contribution is 2.17. The predicted molar refractivity (Wildman–Crippen MR) is 125 cm³/mol. The molecule has 0 bridgehead atoms. The highest BCUT2D eigenvalue weighted by atomic mass is 16.5. The fourth-order valence-corrected chi connectivity index (χ4v) is 3.64. The van der Waals surface area contributed by atoms with E-state index in [-0.39, 0.29) is 12.0 Å². The van der Waals surface area contributed by atoms with Crippen molar-refractivity contribution in [3.05, 3.63) is 60.0 Å². The van der Waals surface area contributed by atoms with Crippen molar-refractivity contribution < 1.29 is 18.7 Å². The number of hydrogen-bond acceptors (Lipinski definition) is 7. The third-order valence-electron chi connectivity index (χ3n) is 5.33. The molecule has 0 aliphatic heterocycles. The molecule has 0 saturated carbocycles. The van der Waals surface area contributed by atoms with Gasteiger partial charge in [-0.05, 0) is 56.3 Å². The second-order valence-electron chi connectivity index (χ2n) is 7.44. The van der Waals surface area contributed by atoms with Gasteiger partial charge in [0.2, 0.25) is 5.89 Å². The first-order valence-corrected chi connectivity index (χ1v) is 11.3. The van der Waals surface area contributed by atoms with E-state index in [2.05, 4.69) is 29.0 Å². The average Bonchev–Trinajstić information content (AvgIpc) is 3.23. The van der Waals surface area contributed by atoms with Crippen molar-refractivity contribution in [2.75, 3.05) is 32.8 Å². The summed E-state index contributed by atoms with van der Waals surface area (Å²) < 4.78 is 16.8. The van der Waals surface area contributed by atoms with Crippen molar-refractivity contribution in [3.63, 3.8) is 0 Å². The molecule has 0 spiro atoms. The summed E-state index contributed by atoms with van der Waals surface area (Å²) in [5.74, 6) is 1.30. The third-order valence-corrected chi connectivity index (χ3v) is 5.33. The first-order valence-electron chi connectivity index (χ1n) is 11.3. The summed E-state index contributed by atoms with van der Waals surface area (Å²) in [7, 11) is 0. The summed E-state index contributed by atoms with van der Waals surface area (Å²) in [6.45, 7) is 9.72. The van der Waals surface area contributed by atoms with Crippen molar-refractivity contribution in [1.29, 1.82) is 0 Å². The Balaban J connectivity index is 1.44. The first kappa shape index (κ1) is 23.8. The van der Waals surface area contributed by atoms with Crippen molar-refractivity contribution in [1.82, 2.24) is 15.2 Å². The Bertz CT molecular complexity index is 934. The van der Waals surface area contributed by atoms with Crippen LogP contribution in [0.25, 0.3) is 11.1 Å². The Labute approximate surface area is 189 Å². The monoisotopic (exact) mass is 439 g/mol. The van der Waals surface area contributed by atoms with Gasteiger partial charge in [-0.25, -0.2) is 4.98 Å². The van der Waals surface area contributed by atoms with E-state index in [1.807, 2.05) is 55.5 Å². The normalized spacial score (nSPS) is 12.2. The second-order valence-corrected chi connectivity index (χ2v) is 7.44. The van der Waals surface area contributed by atoms with E-state index in [1.165, 1.54) is 0 Å². The molecule has 0 fully saturated rings. The fraction of sp³-hybridized carbons (Fsp3) is 0.440. The second kappa shape index (κ2) is 12.2. The minimum atomic E-state index is -0.271. The van der Waals surface area contributed by atoms with Crippen LogP contribution in [0.15, 0.2) is 52.9 Å². The number of nitrogens with one attached hydrogen (secondary N) is 1. The maximum absolute atomic E-state index is 12.4. The van der Waals surface area contributed by atoms with Crippen LogP contribution in [0.2, 0.25) is 0 Å². The van der Waals surface area contributed by atoms with Crippen LogP contribution in [0.1, 0.15) is 32.2 Å². The van der Waals surface area contributed by atoms with Crippen LogP contribution in [-0.4, -0.2) is 54.7 Å². The number of nitrogens with zero attached hydrogens (tertiary/aromatic N) is 2. The lowest BCUT2D eigenvalue weighted by Crippen LogP contribution is -2.43. The number of benzene rings is 2. The largest absolute Gasteiger partial charge is 0.492 e. The molecule has 1 aromatic heterocycles. The van der Waals surface area contributed by atoms with E-state index in [1.54, 1.807) is 0 Å². The summed E-state index contributed by atoms with van der Waals surface area (Å²) in [6, 6.07) is 15.4. The zero-order valence-electron chi connectivity index (χ0n) is 19.2. The van der Waals surface area contributed by atoms with Crippen LogP contribution >= 0.6 is 0 Å². The van der Waals surface area contributed by atoms with E-state index in [0.717, 1.165) is 35.5 Å². The maximum Gasteiger partial charge on any atom is 0.323 e. The number of para-hydroxylation sites is 2. The third kappa shape index (κ3) is 6.55. The SMILES string of the molecule is CCOC(=O)C(Cc1ccc(OCCNCc2nc3ccccc3o2)cc1)N(CC)CC. The van der Waals surface area contributed by atoms with E-state index < -0.39 is 0 Å². The van der Waals surface area contributed by atoms with Crippen molar-refractivity contribution in [3.8, 4) is 5.75 Å². The molecular formula is C25H33N3O4. The Morgan fingerprint density at radius 3 is 2.53 bits per heavy atom. The number of likely N-dealkylation sites (N-methyl/N-ethyl adjacent to an activating group) is 1. The van der Waals surface area contributed by atoms with Crippen LogP contribution in [0.4, 0.5) is 0 Å². The molecule has 1 N–H and O–H groups in total. The number of carbonyl (C=O) groups is 1. The molecule has 3 aromatic rings. The van der Waals surface area contributed by atoms with Crippen LogP contribution in [0.3, 0.4) is 0 Å². The fourth-order valence-electron chi connectivity index (χ4n) is 3.64. The lowest BCUT2D eigenvalue weighted by molar-refractivity contribution is -0.149. The molecule has 0 aliphatic carbocycles. The van der Waals surface area contributed by atoms with Gasteiger partial charge in [-0.1, -0.05) is 38.1 Å². The molecule has 1 unspecified atom stereocenters. The number of oxazole rings is 1. The molecule has 3 rings (SSSR count). The molecule has 0 radical (unpaired) electrons. The standard InChI is InChI=1S/C25H33N3O4/c1-4-28(5-2)22(25(29)30-6-3)17-19-11-13-20(14-12-19)31-16-15-26-18-24-27-21-9-7-8-10-23(21)32-24/h7-14,22,26H,4-6,15-18H2,1-3H3. The number of esters is 1. The lowest BCUT2D eigenvalue weighted by atomic mass is 10.0. The lowest BCUT2D eigenvalue weighted by Gasteiger charge is -2.27. The molecule has 7 heteroatoms. The summed E-state index contributed by atoms with van der Waals surface area (Å²) in [4.78, 5) is 19.0. The van der Waals surface area contributed by atoms with Gasteiger partial charge in [-0.3, -0.25) is 9.69 Å².